The second kappa shape index (κ2) is 4.52. The lowest BCUT2D eigenvalue weighted by atomic mass is 10.1. The number of carbonyl (C=O) groups is 1. The average Bonchev–Trinajstić information content (AvgIpc) is 2.19. The molecule has 15 heavy (non-hydrogen) atoms. The van der Waals surface area contributed by atoms with Crippen LogP contribution in [0.15, 0.2) is 24.3 Å². The fraction of sp³-hybridized carbons (Fsp3) is 0.222. The molecular formula is C9H10N2O4. The van der Waals surface area contributed by atoms with Crippen LogP contribution >= 0.6 is 0 Å². The summed E-state index contributed by atoms with van der Waals surface area (Å²) in [6, 6.07) is 5.47. The highest BCUT2D eigenvalue weighted by Crippen LogP contribution is 2.19. The van der Waals surface area contributed by atoms with Crippen LogP contribution in [0.1, 0.15) is 11.7 Å². The molecule has 2 N–H and O–H groups in total. The minimum atomic E-state index is -0.870. The number of nitro groups is 1. The number of rotatable bonds is 4. The molecule has 0 saturated carbocycles. The van der Waals surface area contributed by atoms with E-state index in [1.54, 1.807) is 0 Å². The number of benzene rings is 1. The normalized spacial score (nSPS) is 12.1. The molecule has 0 saturated heterocycles. The van der Waals surface area contributed by atoms with E-state index in [-0.39, 0.29) is 5.69 Å². The van der Waals surface area contributed by atoms with E-state index in [0.717, 1.165) is 0 Å². The van der Waals surface area contributed by atoms with Gasteiger partial charge in [0, 0.05) is 19.2 Å². The van der Waals surface area contributed by atoms with E-state index >= 15 is 0 Å². The van der Waals surface area contributed by atoms with E-state index in [1.807, 2.05) is 0 Å². The lowest BCUT2D eigenvalue weighted by Crippen LogP contribution is -2.22. The Hall–Kier alpha value is -1.95. The third-order valence-corrected chi connectivity index (χ3v) is 1.90. The lowest BCUT2D eigenvalue weighted by Gasteiger charge is -2.10. The summed E-state index contributed by atoms with van der Waals surface area (Å²) in [5, 5.41) is 10.4. The highest BCUT2D eigenvalue weighted by Gasteiger charge is 2.17. The highest BCUT2D eigenvalue weighted by atomic mass is 16.6. The first-order chi connectivity index (χ1) is 7.06. The van der Waals surface area contributed by atoms with Crippen molar-refractivity contribution in [3.05, 3.63) is 39.9 Å². The minimum Gasteiger partial charge on any atom is -0.367 e. The van der Waals surface area contributed by atoms with E-state index < -0.39 is 16.9 Å². The Bertz CT molecular complexity index is 374. The molecule has 1 rings (SSSR count). The van der Waals surface area contributed by atoms with Gasteiger partial charge in [-0.25, -0.2) is 0 Å². The van der Waals surface area contributed by atoms with Crippen LogP contribution in [0.2, 0.25) is 0 Å². The van der Waals surface area contributed by atoms with Gasteiger partial charge in [-0.2, -0.15) is 0 Å². The summed E-state index contributed by atoms with van der Waals surface area (Å²) in [4.78, 5) is 20.8. The monoisotopic (exact) mass is 210 g/mol. The van der Waals surface area contributed by atoms with Gasteiger partial charge in [0.1, 0.15) is 0 Å². The molecule has 6 nitrogen and oxygen atoms in total. The van der Waals surface area contributed by atoms with Gasteiger partial charge >= 0.3 is 0 Å². The lowest BCUT2D eigenvalue weighted by molar-refractivity contribution is -0.384. The van der Waals surface area contributed by atoms with Crippen molar-refractivity contribution in [2.24, 2.45) is 5.73 Å². The Balaban J connectivity index is 2.97. The number of nitro benzene ring substituents is 1. The minimum absolute atomic E-state index is 0.0435. The van der Waals surface area contributed by atoms with Gasteiger partial charge in [0.25, 0.3) is 11.6 Å². The molecule has 1 unspecified atom stereocenters. The largest absolute Gasteiger partial charge is 0.367 e. The first-order valence-electron chi connectivity index (χ1n) is 4.12. The van der Waals surface area contributed by atoms with Gasteiger partial charge in [0.05, 0.1) is 4.92 Å². The van der Waals surface area contributed by atoms with Crippen molar-refractivity contribution in [3.63, 3.8) is 0 Å². The fourth-order valence-electron chi connectivity index (χ4n) is 1.19. The number of non-ortho nitro benzene ring substituents is 1. The molecule has 1 amide bonds. The SMILES string of the molecule is COC(C(N)=O)c1ccc([N+](=O)[O-])cc1. The van der Waals surface area contributed by atoms with Crippen LogP contribution in [0.25, 0.3) is 0 Å². The molecule has 0 aliphatic carbocycles. The molecule has 0 spiro atoms. The average molecular weight is 210 g/mol. The van der Waals surface area contributed by atoms with Crippen LogP contribution in [0.4, 0.5) is 5.69 Å². The fourth-order valence-corrected chi connectivity index (χ4v) is 1.19. The number of hydrogen-bond donors (Lipinski definition) is 1. The van der Waals surface area contributed by atoms with Crippen molar-refractivity contribution < 1.29 is 14.5 Å². The summed E-state index contributed by atoms with van der Waals surface area (Å²) < 4.78 is 4.85. The molecule has 0 aromatic heterocycles. The number of methoxy groups -OCH3 is 1. The molecule has 1 atom stereocenters. The zero-order valence-corrected chi connectivity index (χ0v) is 8.04. The second-order valence-electron chi connectivity index (χ2n) is 2.87. The second-order valence-corrected chi connectivity index (χ2v) is 2.87. The zero-order valence-electron chi connectivity index (χ0n) is 8.04. The van der Waals surface area contributed by atoms with Crippen LogP contribution < -0.4 is 5.73 Å². The van der Waals surface area contributed by atoms with Crippen molar-refractivity contribution >= 4 is 11.6 Å². The van der Waals surface area contributed by atoms with Crippen LogP contribution in [-0.2, 0) is 9.53 Å². The maximum Gasteiger partial charge on any atom is 0.269 e. The molecule has 0 bridgehead atoms. The van der Waals surface area contributed by atoms with Gasteiger partial charge < -0.3 is 10.5 Å². The van der Waals surface area contributed by atoms with Crippen LogP contribution in [-0.4, -0.2) is 17.9 Å². The predicted molar refractivity (Wildman–Crippen MR) is 52.0 cm³/mol. The molecule has 1 aromatic rings. The maximum atomic E-state index is 10.9. The smallest absolute Gasteiger partial charge is 0.269 e. The molecule has 0 radical (unpaired) electrons. The van der Waals surface area contributed by atoms with E-state index in [1.165, 1.54) is 31.4 Å². The first-order valence-corrected chi connectivity index (χ1v) is 4.12. The first kappa shape index (κ1) is 11.1. The predicted octanol–water partition coefficient (Wildman–Crippen LogP) is 0.768. The van der Waals surface area contributed by atoms with E-state index in [4.69, 9.17) is 10.5 Å². The molecule has 0 heterocycles. The number of nitrogens with two attached hydrogens (primary N) is 1. The zero-order chi connectivity index (χ0) is 11.4. The van der Waals surface area contributed by atoms with Crippen LogP contribution in [0, 0.1) is 10.1 Å². The molecule has 1 aromatic carbocycles. The number of ether oxygens (including phenoxy) is 1. The molecule has 0 fully saturated rings. The van der Waals surface area contributed by atoms with Crippen LogP contribution in [0.3, 0.4) is 0 Å². The quantitative estimate of drug-likeness (QED) is 0.586. The third kappa shape index (κ3) is 2.50. The van der Waals surface area contributed by atoms with Crippen molar-refractivity contribution in [2.45, 2.75) is 6.10 Å². The number of amides is 1. The van der Waals surface area contributed by atoms with Gasteiger partial charge in [-0.15, -0.1) is 0 Å². The van der Waals surface area contributed by atoms with Gasteiger partial charge in [-0.05, 0) is 17.7 Å². The Kier molecular flexibility index (Phi) is 3.35. The summed E-state index contributed by atoms with van der Waals surface area (Å²) in [6.07, 6.45) is -0.870. The molecular weight excluding hydrogens is 200 g/mol. The molecule has 80 valence electrons. The Morgan fingerprint density at radius 2 is 2.00 bits per heavy atom. The Labute approximate surface area is 85.8 Å². The van der Waals surface area contributed by atoms with E-state index in [9.17, 15) is 14.9 Å². The summed E-state index contributed by atoms with van der Waals surface area (Å²) in [7, 11) is 1.34. The molecule has 0 aliphatic rings. The Morgan fingerprint density at radius 3 is 2.33 bits per heavy atom. The number of carbonyl (C=O) groups excluding carboxylic acids is 1. The molecule has 0 aliphatic heterocycles. The topological polar surface area (TPSA) is 95.5 Å². The Morgan fingerprint density at radius 1 is 1.47 bits per heavy atom. The van der Waals surface area contributed by atoms with Gasteiger partial charge in [-0.3, -0.25) is 14.9 Å². The summed E-state index contributed by atoms with van der Waals surface area (Å²) in [5.41, 5.74) is 5.53. The van der Waals surface area contributed by atoms with Crippen LogP contribution in [0.5, 0.6) is 0 Å². The maximum absolute atomic E-state index is 10.9. The number of nitrogens with zero attached hydrogens (tertiary/aromatic N) is 1. The van der Waals surface area contributed by atoms with Crippen molar-refractivity contribution in [1.82, 2.24) is 0 Å². The number of primary amides is 1. The third-order valence-electron chi connectivity index (χ3n) is 1.90. The van der Waals surface area contributed by atoms with Crippen molar-refractivity contribution in [1.29, 1.82) is 0 Å². The highest BCUT2D eigenvalue weighted by molar-refractivity contribution is 5.80. The number of hydrogen-bond acceptors (Lipinski definition) is 4. The summed E-state index contributed by atoms with van der Waals surface area (Å²) in [5.74, 6) is -0.633. The van der Waals surface area contributed by atoms with Gasteiger partial charge in [0.15, 0.2) is 6.10 Å². The van der Waals surface area contributed by atoms with E-state index in [2.05, 4.69) is 0 Å². The van der Waals surface area contributed by atoms with E-state index in [0.29, 0.717) is 5.56 Å². The molecule has 6 heteroatoms. The standard InChI is InChI=1S/C9H10N2O4/c1-15-8(9(10)12)6-2-4-7(5-3-6)11(13)14/h2-5,8H,1H3,(H2,10,12). The summed E-state index contributed by atoms with van der Waals surface area (Å²) >= 11 is 0. The van der Waals surface area contributed by atoms with Crippen molar-refractivity contribution in [2.75, 3.05) is 7.11 Å². The van der Waals surface area contributed by atoms with Gasteiger partial charge in [0.2, 0.25) is 0 Å². The summed E-state index contributed by atoms with van der Waals surface area (Å²) in [6.45, 7) is 0. The van der Waals surface area contributed by atoms with Crippen molar-refractivity contribution in [3.8, 4) is 0 Å². The van der Waals surface area contributed by atoms with Gasteiger partial charge in [-0.1, -0.05) is 0 Å².